The number of aliphatic carboxylic acids is 1. The van der Waals surface area contributed by atoms with Gasteiger partial charge < -0.3 is 26.9 Å². The summed E-state index contributed by atoms with van der Waals surface area (Å²) in [5, 5.41) is 20.4. The van der Waals surface area contributed by atoms with Gasteiger partial charge in [-0.15, -0.1) is 0 Å². The second kappa shape index (κ2) is 11.3. The maximum Gasteiger partial charge on any atom is 0.305 e. The van der Waals surface area contributed by atoms with Crippen molar-refractivity contribution in [2.75, 3.05) is 11.9 Å². The highest BCUT2D eigenvalue weighted by atomic mass is 79.9. The van der Waals surface area contributed by atoms with Crippen LogP contribution in [0.3, 0.4) is 0 Å². The normalized spacial score (nSPS) is 11.7. The van der Waals surface area contributed by atoms with E-state index in [9.17, 15) is 19.5 Å². The predicted octanol–water partition coefficient (Wildman–Crippen LogP) is 2.59. The number of nitrogens with two attached hydrogens (primary N) is 1. The molecule has 0 spiro atoms. The number of carboxylic acid groups (broad SMARTS) is 1. The van der Waals surface area contributed by atoms with Gasteiger partial charge in [0.05, 0.1) is 19.0 Å². The Labute approximate surface area is 189 Å². The summed E-state index contributed by atoms with van der Waals surface area (Å²) in [6.07, 6.45) is 0.965. The average molecular weight is 541 g/mol. The molecule has 11 heteroatoms. The molecule has 2 amide bonds. The highest BCUT2D eigenvalue weighted by molar-refractivity contribution is 9.11. The van der Waals surface area contributed by atoms with Gasteiger partial charge in [-0.3, -0.25) is 14.4 Å². The number of nitrogens with zero attached hydrogens (tertiary/aromatic N) is 1. The molecule has 0 saturated heterocycles. The van der Waals surface area contributed by atoms with E-state index in [4.69, 9.17) is 5.84 Å². The number of nitrogens with one attached hydrogen (secondary N) is 3. The number of halogens is 2. The summed E-state index contributed by atoms with van der Waals surface area (Å²) in [6, 6.07) is 11.0. The molecular formula is C19H19Br2N5O4. The zero-order valence-corrected chi connectivity index (χ0v) is 18.7. The van der Waals surface area contributed by atoms with Gasteiger partial charge in [0.1, 0.15) is 6.34 Å². The lowest BCUT2D eigenvalue weighted by molar-refractivity contribution is -0.137. The monoisotopic (exact) mass is 539 g/mol. The number of hydrazone groups is 1. The van der Waals surface area contributed by atoms with Crippen LogP contribution in [0.4, 0.5) is 5.69 Å². The van der Waals surface area contributed by atoms with E-state index in [-0.39, 0.29) is 13.0 Å². The van der Waals surface area contributed by atoms with Crippen LogP contribution in [0.5, 0.6) is 0 Å². The van der Waals surface area contributed by atoms with Gasteiger partial charge in [-0.25, -0.2) is 0 Å². The Kier molecular flexibility index (Phi) is 8.81. The van der Waals surface area contributed by atoms with Crippen LogP contribution in [0.2, 0.25) is 0 Å². The van der Waals surface area contributed by atoms with Crippen molar-refractivity contribution in [3.63, 3.8) is 0 Å². The summed E-state index contributed by atoms with van der Waals surface area (Å²) < 4.78 is 1.47. The van der Waals surface area contributed by atoms with Crippen molar-refractivity contribution >= 4 is 61.7 Å². The molecule has 2 rings (SSSR count). The predicted molar refractivity (Wildman–Crippen MR) is 120 cm³/mol. The number of anilines is 1. The summed E-state index contributed by atoms with van der Waals surface area (Å²) >= 11 is 6.69. The van der Waals surface area contributed by atoms with Crippen molar-refractivity contribution in [2.24, 2.45) is 10.9 Å². The molecule has 0 aliphatic heterocycles. The van der Waals surface area contributed by atoms with E-state index in [1.165, 1.54) is 6.34 Å². The van der Waals surface area contributed by atoms with Crippen LogP contribution in [-0.2, 0) is 9.59 Å². The Morgan fingerprint density at radius 2 is 1.83 bits per heavy atom. The van der Waals surface area contributed by atoms with Gasteiger partial charge in [-0.2, -0.15) is 5.10 Å². The molecule has 158 valence electrons. The lowest BCUT2D eigenvalue weighted by Gasteiger charge is -2.18. The number of amides is 2. The second-order valence-corrected chi connectivity index (χ2v) is 7.94. The van der Waals surface area contributed by atoms with Crippen LogP contribution < -0.4 is 21.8 Å². The minimum absolute atomic E-state index is 0.307. The Hall–Kier alpha value is -2.92. The van der Waals surface area contributed by atoms with Crippen molar-refractivity contribution < 1.29 is 19.5 Å². The fourth-order valence-corrected chi connectivity index (χ4v) is 3.90. The molecular weight excluding hydrogens is 522 g/mol. The molecule has 0 radical (unpaired) electrons. The fourth-order valence-electron chi connectivity index (χ4n) is 2.57. The molecule has 0 saturated carbocycles. The Morgan fingerprint density at radius 3 is 2.47 bits per heavy atom. The Bertz CT molecular complexity index is 947. The van der Waals surface area contributed by atoms with Crippen LogP contribution in [0.1, 0.15) is 28.4 Å². The minimum Gasteiger partial charge on any atom is -0.481 e. The fraction of sp³-hybridized carbons (Fsp3) is 0.158. The molecule has 1 unspecified atom stereocenters. The number of carbonyl (C=O) groups excluding carboxylic acids is 2. The van der Waals surface area contributed by atoms with Crippen LogP contribution in [0.25, 0.3) is 0 Å². The molecule has 0 bridgehead atoms. The van der Waals surface area contributed by atoms with Crippen molar-refractivity contribution in [1.29, 1.82) is 0 Å². The first-order valence-corrected chi connectivity index (χ1v) is 10.2. The third kappa shape index (κ3) is 7.48. The van der Waals surface area contributed by atoms with Crippen LogP contribution >= 0.6 is 31.9 Å². The first-order valence-electron chi connectivity index (χ1n) is 8.62. The molecule has 30 heavy (non-hydrogen) atoms. The molecule has 2 aromatic carbocycles. The summed E-state index contributed by atoms with van der Waals surface area (Å²) in [5.41, 5.74) is 1.54. The van der Waals surface area contributed by atoms with E-state index in [0.717, 1.165) is 8.95 Å². The van der Waals surface area contributed by atoms with E-state index in [2.05, 4.69) is 52.9 Å². The Morgan fingerprint density at radius 1 is 1.13 bits per heavy atom. The molecule has 0 fully saturated rings. The van der Waals surface area contributed by atoms with Crippen molar-refractivity contribution in [3.8, 4) is 0 Å². The van der Waals surface area contributed by atoms with E-state index in [1.54, 1.807) is 42.5 Å². The quantitative estimate of drug-likeness (QED) is 0.143. The van der Waals surface area contributed by atoms with Gasteiger partial charge in [0, 0.05) is 20.2 Å². The third-order valence-electron chi connectivity index (χ3n) is 3.84. The lowest BCUT2D eigenvalue weighted by Crippen LogP contribution is -2.39. The molecule has 1 atom stereocenters. The smallest absolute Gasteiger partial charge is 0.305 e. The van der Waals surface area contributed by atoms with Crippen molar-refractivity contribution in [1.82, 2.24) is 10.6 Å². The molecule has 0 aromatic heterocycles. The average Bonchev–Trinajstić information content (AvgIpc) is 2.69. The molecule has 0 aliphatic carbocycles. The zero-order valence-electron chi connectivity index (χ0n) is 15.6. The summed E-state index contributed by atoms with van der Waals surface area (Å²) in [4.78, 5) is 35.9. The van der Waals surface area contributed by atoms with Gasteiger partial charge in [0.25, 0.3) is 5.91 Å². The van der Waals surface area contributed by atoms with Gasteiger partial charge >= 0.3 is 5.97 Å². The van der Waals surface area contributed by atoms with E-state index in [0.29, 0.717) is 16.8 Å². The number of benzene rings is 2. The van der Waals surface area contributed by atoms with E-state index < -0.39 is 23.8 Å². The molecule has 0 heterocycles. The van der Waals surface area contributed by atoms with Gasteiger partial charge in [-0.1, -0.05) is 37.9 Å². The molecule has 0 aliphatic rings. The third-order valence-corrected chi connectivity index (χ3v) is 4.76. The number of carbonyl (C=O) groups is 3. The van der Waals surface area contributed by atoms with Crippen LogP contribution in [0.15, 0.2) is 56.5 Å². The number of carboxylic acids is 1. The van der Waals surface area contributed by atoms with Gasteiger partial charge in [-0.05, 0) is 42.0 Å². The van der Waals surface area contributed by atoms with Crippen LogP contribution in [-0.4, -0.2) is 35.8 Å². The molecule has 6 N–H and O–H groups in total. The van der Waals surface area contributed by atoms with Gasteiger partial charge in [0.2, 0.25) is 5.91 Å². The molecule has 2 aromatic rings. The standard InChI is InChI=1S/C19H19Br2N5O4/c20-13-4-12(5-14(21)7-13)16(8-18(28)29)26-17(27)9-23-19(30)11-2-1-3-15(6-11)24-10-25-22/h1-7,10,16H,8-9,22H2,(H,23,30)(H,24,25)(H,26,27)(H,28,29). The topological polar surface area (TPSA) is 146 Å². The minimum atomic E-state index is -1.06. The lowest BCUT2D eigenvalue weighted by atomic mass is 10.0. The number of hydrogen-bond donors (Lipinski definition) is 5. The van der Waals surface area contributed by atoms with E-state index >= 15 is 0 Å². The maximum absolute atomic E-state index is 12.3. The van der Waals surface area contributed by atoms with Crippen molar-refractivity contribution in [3.05, 3.63) is 62.5 Å². The van der Waals surface area contributed by atoms with E-state index in [1.807, 2.05) is 0 Å². The van der Waals surface area contributed by atoms with Crippen molar-refractivity contribution in [2.45, 2.75) is 12.5 Å². The number of hydrogen-bond acceptors (Lipinski definition) is 5. The van der Waals surface area contributed by atoms with Crippen LogP contribution in [0, 0.1) is 0 Å². The number of rotatable bonds is 9. The summed E-state index contributed by atoms with van der Waals surface area (Å²) in [5.74, 6) is 2.98. The highest BCUT2D eigenvalue weighted by Gasteiger charge is 2.19. The zero-order chi connectivity index (χ0) is 22.1. The Balaban J connectivity index is 2.01. The van der Waals surface area contributed by atoms with Gasteiger partial charge in [0.15, 0.2) is 0 Å². The molecule has 9 nitrogen and oxygen atoms in total. The SMILES string of the molecule is NN=CNc1cccc(C(=O)NCC(=O)NC(CC(=O)O)c2cc(Br)cc(Br)c2)c1. The highest BCUT2D eigenvalue weighted by Crippen LogP contribution is 2.26. The summed E-state index contributed by atoms with van der Waals surface area (Å²) in [7, 11) is 0. The maximum atomic E-state index is 12.3. The largest absolute Gasteiger partial charge is 0.481 e. The summed E-state index contributed by atoms with van der Waals surface area (Å²) in [6.45, 7) is -0.313. The first kappa shape index (κ1) is 23.4. The first-order chi connectivity index (χ1) is 14.3. The second-order valence-electron chi connectivity index (χ2n) is 6.11.